The second-order valence-corrected chi connectivity index (χ2v) is 8.55. The summed E-state index contributed by atoms with van der Waals surface area (Å²) in [7, 11) is 0. The monoisotopic (exact) mass is 430 g/mol. The van der Waals surface area contributed by atoms with Crippen LogP contribution in [0.15, 0.2) is 29.2 Å². The standard InChI is InChI=1S/C21H18N8OS/c1-5-28-8-13(12(4)25-28)15-7-14(27-30-15)19-24-20-18-17(22-9-29(20)26-19)16-10(2)6-11(3)23-21(16)31-18/h6-9H,5H2,1-4H3. The van der Waals surface area contributed by atoms with Crippen molar-refractivity contribution in [3.05, 3.63) is 41.6 Å². The third kappa shape index (κ3) is 2.68. The van der Waals surface area contributed by atoms with Gasteiger partial charge in [0, 0.05) is 29.9 Å². The molecule has 0 aliphatic heterocycles. The summed E-state index contributed by atoms with van der Waals surface area (Å²) in [5, 5.41) is 14.3. The maximum atomic E-state index is 5.59. The fourth-order valence-corrected chi connectivity index (χ4v) is 5.13. The number of nitrogens with zero attached hydrogens (tertiary/aromatic N) is 8. The van der Waals surface area contributed by atoms with Crippen molar-refractivity contribution >= 4 is 37.4 Å². The molecule has 0 atom stereocenters. The molecule has 0 spiro atoms. The zero-order chi connectivity index (χ0) is 21.3. The summed E-state index contributed by atoms with van der Waals surface area (Å²) in [5.41, 5.74) is 6.17. The Morgan fingerprint density at radius 2 is 1.97 bits per heavy atom. The van der Waals surface area contributed by atoms with E-state index in [4.69, 9.17) is 9.51 Å². The minimum absolute atomic E-state index is 0.489. The predicted octanol–water partition coefficient (Wildman–Crippen LogP) is 4.35. The first-order valence-corrected chi connectivity index (χ1v) is 10.8. The van der Waals surface area contributed by atoms with E-state index in [2.05, 4.69) is 38.3 Å². The Labute approximate surface area is 180 Å². The molecule has 0 unspecified atom stereocenters. The zero-order valence-electron chi connectivity index (χ0n) is 17.4. The topological polar surface area (TPSA) is 99.8 Å². The lowest BCUT2D eigenvalue weighted by Gasteiger charge is -1.98. The summed E-state index contributed by atoms with van der Waals surface area (Å²) in [6, 6.07) is 3.93. The smallest absolute Gasteiger partial charge is 0.204 e. The molecule has 6 heterocycles. The third-order valence-electron chi connectivity index (χ3n) is 5.37. The van der Waals surface area contributed by atoms with Gasteiger partial charge in [0.2, 0.25) is 5.82 Å². The van der Waals surface area contributed by atoms with Crippen LogP contribution in [0.4, 0.5) is 0 Å². The molecule has 0 fully saturated rings. The lowest BCUT2D eigenvalue weighted by atomic mass is 10.1. The van der Waals surface area contributed by atoms with Gasteiger partial charge in [-0.1, -0.05) is 5.16 Å². The van der Waals surface area contributed by atoms with Crippen LogP contribution < -0.4 is 0 Å². The van der Waals surface area contributed by atoms with Gasteiger partial charge in [0.15, 0.2) is 17.1 Å². The van der Waals surface area contributed by atoms with Crippen LogP contribution in [-0.4, -0.2) is 39.5 Å². The quantitative estimate of drug-likeness (QED) is 0.411. The third-order valence-corrected chi connectivity index (χ3v) is 6.44. The lowest BCUT2D eigenvalue weighted by Crippen LogP contribution is -1.93. The highest BCUT2D eigenvalue weighted by Gasteiger charge is 2.20. The summed E-state index contributed by atoms with van der Waals surface area (Å²) in [5.74, 6) is 1.13. The van der Waals surface area contributed by atoms with Gasteiger partial charge in [-0.15, -0.1) is 16.4 Å². The van der Waals surface area contributed by atoms with E-state index in [1.807, 2.05) is 37.7 Å². The average Bonchev–Trinajstić information content (AvgIpc) is 3.50. The molecule has 6 aromatic heterocycles. The Morgan fingerprint density at radius 3 is 2.77 bits per heavy atom. The van der Waals surface area contributed by atoms with Crippen LogP contribution in [0.25, 0.3) is 48.9 Å². The van der Waals surface area contributed by atoms with Gasteiger partial charge in [0.25, 0.3) is 0 Å². The number of pyridine rings is 1. The van der Waals surface area contributed by atoms with Crippen LogP contribution in [0.2, 0.25) is 0 Å². The fourth-order valence-electron chi connectivity index (χ4n) is 3.91. The van der Waals surface area contributed by atoms with Gasteiger partial charge >= 0.3 is 0 Å². The van der Waals surface area contributed by atoms with Crippen molar-refractivity contribution in [3.8, 4) is 22.8 Å². The van der Waals surface area contributed by atoms with Crippen LogP contribution in [0.5, 0.6) is 0 Å². The van der Waals surface area contributed by atoms with Crippen molar-refractivity contribution in [1.29, 1.82) is 0 Å². The van der Waals surface area contributed by atoms with E-state index >= 15 is 0 Å². The summed E-state index contributed by atoms with van der Waals surface area (Å²) in [4.78, 5) is 15.1. The lowest BCUT2D eigenvalue weighted by molar-refractivity contribution is 0.434. The number of hydrogen-bond acceptors (Lipinski definition) is 8. The molecule has 154 valence electrons. The highest BCUT2D eigenvalue weighted by atomic mass is 32.1. The van der Waals surface area contributed by atoms with Crippen LogP contribution >= 0.6 is 11.3 Å². The van der Waals surface area contributed by atoms with E-state index in [1.165, 1.54) is 0 Å². The van der Waals surface area contributed by atoms with Gasteiger partial charge in [0.1, 0.15) is 15.9 Å². The van der Waals surface area contributed by atoms with E-state index in [9.17, 15) is 0 Å². The summed E-state index contributed by atoms with van der Waals surface area (Å²) in [6.45, 7) is 8.88. The molecule has 0 amide bonds. The first-order chi connectivity index (χ1) is 15.0. The fraction of sp³-hybridized carbons (Fsp3) is 0.238. The second kappa shape index (κ2) is 6.42. The molecule has 0 saturated heterocycles. The number of hydrogen-bond donors (Lipinski definition) is 0. The zero-order valence-corrected chi connectivity index (χ0v) is 18.2. The van der Waals surface area contributed by atoms with Crippen LogP contribution in [0, 0.1) is 20.8 Å². The maximum Gasteiger partial charge on any atom is 0.204 e. The van der Waals surface area contributed by atoms with Gasteiger partial charge in [0.05, 0.1) is 16.8 Å². The largest absolute Gasteiger partial charge is 0.355 e. The molecular weight excluding hydrogens is 412 g/mol. The van der Waals surface area contributed by atoms with E-state index in [-0.39, 0.29) is 0 Å². The number of fused-ring (bicyclic) bond motifs is 5. The molecule has 6 aromatic rings. The molecule has 0 bridgehead atoms. The highest BCUT2D eigenvalue weighted by molar-refractivity contribution is 7.26. The van der Waals surface area contributed by atoms with Gasteiger partial charge < -0.3 is 4.52 Å². The van der Waals surface area contributed by atoms with Gasteiger partial charge in [-0.2, -0.15) is 5.10 Å². The normalized spacial score (nSPS) is 12.0. The minimum Gasteiger partial charge on any atom is -0.355 e. The molecule has 0 radical (unpaired) electrons. The van der Waals surface area contributed by atoms with E-state index in [1.54, 1.807) is 22.2 Å². The van der Waals surface area contributed by atoms with Crippen molar-refractivity contribution in [2.24, 2.45) is 0 Å². The number of aryl methyl sites for hydroxylation is 4. The van der Waals surface area contributed by atoms with Crippen LogP contribution in [0.3, 0.4) is 0 Å². The number of rotatable bonds is 3. The predicted molar refractivity (Wildman–Crippen MR) is 118 cm³/mol. The Kier molecular flexibility index (Phi) is 3.75. The first kappa shape index (κ1) is 18.1. The maximum absolute atomic E-state index is 5.59. The molecule has 31 heavy (non-hydrogen) atoms. The SMILES string of the molecule is CCn1cc(-c2cc(-c3nc4c5sc6nc(C)cc(C)c6c5ncn4n3)no2)c(C)n1. The van der Waals surface area contributed by atoms with Crippen molar-refractivity contribution < 1.29 is 4.52 Å². The molecule has 0 N–H and O–H groups in total. The van der Waals surface area contributed by atoms with Gasteiger partial charge in [-0.3, -0.25) is 4.68 Å². The van der Waals surface area contributed by atoms with Crippen molar-refractivity contribution in [3.63, 3.8) is 0 Å². The van der Waals surface area contributed by atoms with E-state index < -0.39 is 0 Å². The van der Waals surface area contributed by atoms with Crippen LogP contribution in [0.1, 0.15) is 23.9 Å². The second-order valence-electron chi connectivity index (χ2n) is 7.55. The molecule has 0 aliphatic rings. The number of aromatic nitrogens is 8. The van der Waals surface area contributed by atoms with Gasteiger partial charge in [-0.05, 0) is 39.3 Å². The van der Waals surface area contributed by atoms with E-state index in [0.717, 1.165) is 55.1 Å². The average molecular weight is 430 g/mol. The Bertz CT molecular complexity index is 1620. The molecule has 6 rings (SSSR count). The van der Waals surface area contributed by atoms with Crippen LogP contribution in [-0.2, 0) is 6.54 Å². The minimum atomic E-state index is 0.489. The Balaban J connectivity index is 1.50. The number of thiophene rings is 1. The Hall–Kier alpha value is -3.66. The van der Waals surface area contributed by atoms with Crippen molar-refractivity contribution in [2.75, 3.05) is 0 Å². The van der Waals surface area contributed by atoms with E-state index in [0.29, 0.717) is 17.3 Å². The highest BCUT2D eigenvalue weighted by Crippen LogP contribution is 2.36. The van der Waals surface area contributed by atoms with Crippen molar-refractivity contribution in [2.45, 2.75) is 34.2 Å². The Morgan fingerprint density at radius 1 is 1.10 bits per heavy atom. The molecular formula is C21H18N8OS. The summed E-state index contributed by atoms with van der Waals surface area (Å²) < 4.78 is 10.1. The first-order valence-electron chi connectivity index (χ1n) is 9.95. The van der Waals surface area contributed by atoms with Crippen molar-refractivity contribution in [1.82, 2.24) is 39.5 Å². The molecule has 0 aliphatic carbocycles. The molecule has 0 saturated carbocycles. The summed E-state index contributed by atoms with van der Waals surface area (Å²) in [6.07, 6.45) is 3.65. The molecule has 0 aromatic carbocycles. The van der Waals surface area contributed by atoms with Gasteiger partial charge in [-0.25, -0.2) is 19.5 Å². The molecule has 10 heteroatoms. The molecule has 9 nitrogen and oxygen atoms in total. The summed E-state index contributed by atoms with van der Waals surface area (Å²) >= 11 is 1.59.